The number of rotatable bonds is 1. The molecule has 0 atom stereocenters. The van der Waals surface area contributed by atoms with Gasteiger partial charge in [-0.3, -0.25) is 0 Å². The van der Waals surface area contributed by atoms with Crippen LogP contribution < -0.4 is 0 Å². The highest BCUT2D eigenvalue weighted by atomic mass is 16.3. The third kappa shape index (κ3) is 3.96. The summed E-state index contributed by atoms with van der Waals surface area (Å²) < 4.78 is 61.2. The molecular weight excluding hydrogens is 64.0 g/mol. The van der Waals surface area contributed by atoms with Crippen LogP contribution in [0.1, 0.15) is 26.0 Å². The van der Waals surface area contributed by atoms with Crippen molar-refractivity contribution in [3.05, 3.63) is 0 Å². The third-order valence-electron chi connectivity index (χ3n) is 0.112. The summed E-state index contributed by atoms with van der Waals surface area (Å²) in [6.07, 6.45) is 0. The van der Waals surface area contributed by atoms with Gasteiger partial charge in [-0.25, -0.2) is 0 Å². The van der Waals surface area contributed by atoms with Crippen molar-refractivity contribution in [2.45, 2.75) is 13.7 Å². The molecule has 0 aromatic carbocycles. The van der Waals surface area contributed by atoms with Crippen molar-refractivity contribution in [2.24, 2.45) is 5.89 Å². The van der Waals surface area contributed by atoms with Gasteiger partial charge in [0.1, 0.15) is 0 Å². The Balaban J connectivity index is 5.54. The number of aliphatic hydroxyl groups is 1. The van der Waals surface area contributed by atoms with E-state index in [1.807, 2.05) is 0 Å². The van der Waals surface area contributed by atoms with Crippen LogP contribution in [0.3, 0.4) is 0 Å². The van der Waals surface area contributed by atoms with Gasteiger partial charge < -0.3 is 5.11 Å². The lowest BCUT2D eigenvalue weighted by atomic mass is 10.2. The molecule has 32 valence electrons. The van der Waals surface area contributed by atoms with Crippen LogP contribution in [-0.2, 0) is 0 Å². The molecule has 0 spiro atoms. The van der Waals surface area contributed by atoms with E-state index < -0.39 is 26.2 Å². The Morgan fingerprint density at radius 2 is 3.00 bits per heavy atom. The summed E-state index contributed by atoms with van der Waals surface area (Å²) in [5.41, 5.74) is 0. The molecule has 0 aliphatic rings. The van der Waals surface area contributed by atoms with Crippen molar-refractivity contribution in [1.29, 1.82) is 0 Å². The van der Waals surface area contributed by atoms with Crippen LogP contribution in [0.5, 0.6) is 0 Å². The lowest BCUT2D eigenvalue weighted by Gasteiger charge is -1.90. The van der Waals surface area contributed by atoms with Crippen molar-refractivity contribution in [1.82, 2.24) is 0 Å². The zero-order valence-corrected chi connectivity index (χ0v) is 2.45. The molecule has 0 saturated heterocycles. The number of hydrogen-bond donors (Lipinski definition) is 1. The van der Waals surface area contributed by atoms with E-state index in [2.05, 4.69) is 0 Å². The summed E-state index contributed by atoms with van der Waals surface area (Å²) in [7, 11) is 0. The van der Waals surface area contributed by atoms with Crippen LogP contribution in [0.4, 0.5) is 0 Å². The van der Waals surface area contributed by atoms with Crippen LogP contribution in [0.2, 0.25) is 0 Å². The Kier molecular flexibility index (Phi) is 0.205. The molecule has 0 fully saturated rings. The third-order valence-corrected chi connectivity index (χ3v) is 0.112. The van der Waals surface area contributed by atoms with Crippen molar-refractivity contribution in [2.75, 3.05) is 6.56 Å². The Bertz CT molecular complexity index is 170. The molecule has 0 heterocycles. The second-order valence-corrected chi connectivity index (χ2v) is 0.487. The molecule has 0 saturated carbocycles. The predicted molar refractivity (Wildman–Crippen MR) is 21.9 cm³/mol. The fraction of sp³-hybridized carbons (Fsp3) is 1.00. The largest absolute Gasteiger partial charge is 0.396 e. The average molecular weight is 83.2 g/mol. The van der Waals surface area contributed by atoms with Crippen LogP contribution >= 0.6 is 0 Å². The molecular formula is C4H10O. The van der Waals surface area contributed by atoms with Crippen LogP contribution in [0, 0.1) is 5.89 Å². The zero-order chi connectivity index (χ0) is 12.0. The standard InChI is InChI=1S/C4H10O/c1-4(2)3-5/h4-5H,3H2,1-2H3/i1D3,2D3,3D2,4D. The molecule has 0 amide bonds. The van der Waals surface area contributed by atoms with Gasteiger partial charge in [0.25, 0.3) is 0 Å². The van der Waals surface area contributed by atoms with Gasteiger partial charge in [0.05, 0.1) is 2.74 Å². The Morgan fingerprint density at radius 1 is 2.40 bits per heavy atom. The zero-order valence-electron chi connectivity index (χ0n) is 11.4. The second-order valence-electron chi connectivity index (χ2n) is 0.487. The van der Waals surface area contributed by atoms with Gasteiger partial charge in [-0.05, 0) is 5.89 Å². The average Bonchev–Trinajstić information content (AvgIpc) is 1.77. The summed E-state index contributed by atoms with van der Waals surface area (Å²) in [6.45, 7) is -10.5. The van der Waals surface area contributed by atoms with Gasteiger partial charge in [0.15, 0.2) is 0 Å². The van der Waals surface area contributed by atoms with Crippen molar-refractivity contribution in [3.63, 3.8) is 0 Å². The lowest BCUT2D eigenvalue weighted by Crippen LogP contribution is -1.90. The van der Waals surface area contributed by atoms with E-state index in [-0.39, 0.29) is 0 Å². The molecule has 0 bridgehead atoms. The molecule has 1 nitrogen and oxygen atoms in total. The maximum absolute atomic E-state index is 8.83. The van der Waals surface area contributed by atoms with E-state index in [0.717, 1.165) is 0 Å². The minimum atomic E-state index is -3.64. The fourth-order valence-electron chi connectivity index (χ4n) is 0. The van der Waals surface area contributed by atoms with Crippen LogP contribution in [0.25, 0.3) is 0 Å². The molecule has 0 radical (unpaired) electrons. The molecule has 0 rings (SSSR count). The van der Waals surface area contributed by atoms with Gasteiger partial charge in [0, 0.05) is 16.2 Å². The highest BCUT2D eigenvalue weighted by molar-refractivity contribution is 4.32. The summed E-state index contributed by atoms with van der Waals surface area (Å²) >= 11 is 0. The topological polar surface area (TPSA) is 20.2 Å². The minimum absolute atomic E-state index is 3.45. The van der Waals surface area contributed by atoms with E-state index in [1.54, 1.807) is 0 Å². The first-order valence-corrected chi connectivity index (χ1v) is 0.974. The molecule has 0 aliphatic heterocycles. The van der Waals surface area contributed by atoms with Crippen molar-refractivity contribution in [3.8, 4) is 0 Å². The van der Waals surface area contributed by atoms with Gasteiger partial charge in [0.2, 0.25) is 0 Å². The summed E-state index contributed by atoms with van der Waals surface area (Å²) in [4.78, 5) is 0. The first-order valence-electron chi connectivity index (χ1n) is 5.47. The highest BCUT2D eigenvalue weighted by Gasteiger charge is 1.81. The van der Waals surface area contributed by atoms with Gasteiger partial charge in [-0.1, -0.05) is 13.7 Å². The quantitative estimate of drug-likeness (QED) is 0.493. The predicted octanol–water partition coefficient (Wildman–Crippen LogP) is 0.635. The van der Waals surface area contributed by atoms with E-state index in [0.29, 0.717) is 0 Å². The second kappa shape index (κ2) is 2.21. The Labute approximate surface area is 45.3 Å². The SMILES string of the molecule is [2H]C([2H])([2H])C([2H])(C([2H])([2H])[2H])C([2H])([2H])O. The molecule has 0 unspecified atom stereocenters. The maximum Gasteiger partial charge on any atom is 0.0566 e. The lowest BCUT2D eigenvalue weighted by molar-refractivity contribution is 0.248. The van der Waals surface area contributed by atoms with Crippen molar-refractivity contribution >= 4 is 0 Å². The summed E-state index contributed by atoms with van der Waals surface area (Å²) in [6, 6.07) is 0. The van der Waals surface area contributed by atoms with E-state index in [4.69, 9.17) is 17.4 Å². The summed E-state index contributed by atoms with van der Waals surface area (Å²) in [5.74, 6) is -3.55. The molecule has 1 N–H and O–H groups in total. The molecule has 0 aromatic heterocycles. The van der Waals surface area contributed by atoms with Crippen LogP contribution in [-0.4, -0.2) is 11.7 Å². The monoisotopic (exact) mass is 83.1 g/mol. The maximum atomic E-state index is 8.83. The summed E-state index contributed by atoms with van der Waals surface area (Å²) in [5, 5.41) is 8.83. The molecule has 0 aliphatic carbocycles. The van der Waals surface area contributed by atoms with E-state index in [9.17, 15) is 0 Å². The first kappa shape index (κ1) is 0.463. The van der Waals surface area contributed by atoms with Crippen LogP contribution in [0.15, 0.2) is 0 Å². The van der Waals surface area contributed by atoms with Gasteiger partial charge >= 0.3 is 0 Å². The number of hydrogen-bond acceptors (Lipinski definition) is 1. The highest BCUT2D eigenvalue weighted by Crippen LogP contribution is 1.83. The van der Waals surface area contributed by atoms with Gasteiger partial charge in [-0.15, -0.1) is 0 Å². The minimum Gasteiger partial charge on any atom is -0.396 e. The van der Waals surface area contributed by atoms with E-state index in [1.165, 1.54) is 0 Å². The van der Waals surface area contributed by atoms with E-state index >= 15 is 0 Å². The molecule has 5 heavy (non-hydrogen) atoms. The van der Waals surface area contributed by atoms with Gasteiger partial charge in [-0.2, -0.15) is 0 Å². The first-order chi connectivity index (χ1) is 5.75. The Morgan fingerprint density at radius 3 is 3.00 bits per heavy atom. The normalized spacial score (nSPS) is 46.2. The molecule has 1 heteroatoms. The Hall–Kier alpha value is -0.0400. The van der Waals surface area contributed by atoms with Crippen molar-refractivity contribution < 1.29 is 17.4 Å². The molecule has 0 aromatic rings. The fourth-order valence-corrected chi connectivity index (χ4v) is 0. The smallest absolute Gasteiger partial charge is 0.0566 e.